The number of fused-ring (bicyclic) bond motifs is 1. The number of hydrogen-bond donors (Lipinski definition) is 5. The number of hydrazine groups is 1. The molecule has 2 heterocycles. The second kappa shape index (κ2) is 4.86. The quantitative estimate of drug-likeness (QED) is 0.491. The van der Waals surface area contributed by atoms with Gasteiger partial charge in [-0.15, -0.1) is 0 Å². The Kier molecular flexibility index (Phi) is 3.17. The lowest BCUT2D eigenvalue weighted by atomic mass is 9.98. The zero-order valence-corrected chi connectivity index (χ0v) is 10.9. The van der Waals surface area contributed by atoms with Crippen molar-refractivity contribution in [2.24, 2.45) is 0 Å². The first-order chi connectivity index (χ1) is 9.56. The first-order valence-electron chi connectivity index (χ1n) is 6.47. The van der Waals surface area contributed by atoms with Gasteiger partial charge in [0.05, 0.1) is 11.6 Å². The van der Waals surface area contributed by atoms with E-state index in [2.05, 4.69) is 21.5 Å². The summed E-state index contributed by atoms with van der Waals surface area (Å²) in [5.41, 5.74) is 7.05. The number of carbonyl (C=O) groups is 2. The minimum Gasteiger partial charge on any atom is -0.478 e. The standard InChI is InChI=1S/C13H16N4O3/c1-6-9-10(17-16-6)12(18)15-11(14-9)7-2-4-8(5-3-7)13(19)20/h2-6,9-11,14,16-17H,1H3,(H,15,18)(H,19,20). The number of carboxylic acid groups (broad SMARTS) is 1. The fraction of sp³-hybridized carbons (Fsp3) is 0.385. The summed E-state index contributed by atoms with van der Waals surface area (Å²) in [6.45, 7) is 1.99. The van der Waals surface area contributed by atoms with E-state index < -0.39 is 5.97 Å². The second-order valence-electron chi connectivity index (χ2n) is 5.12. The van der Waals surface area contributed by atoms with Gasteiger partial charge >= 0.3 is 5.97 Å². The van der Waals surface area contributed by atoms with Crippen LogP contribution >= 0.6 is 0 Å². The van der Waals surface area contributed by atoms with Crippen molar-refractivity contribution >= 4 is 11.9 Å². The van der Waals surface area contributed by atoms with Crippen molar-refractivity contribution in [3.63, 3.8) is 0 Å². The Morgan fingerprint density at radius 2 is 1.90 bits per heavy atom. The summed E-state index contributed by atoms with van der Waals surface area (Å²) in [4.78, 5) is 22.9. The molecule has 1 aromatic rings. The lowest BCUT2D eigenvalue weighted by Crippen LogP contribution is -2.62. The van der Waals surface area contributed by atoms with Gasteiger partial charge in [0.2, 0.25) is 5.91 Å². The molecule has 7 nitrogen and oxygen atoms in total. The third-order valence-electron chi connectivity index (χ3n) is 3.78. The number of amides is 1. The molecule has 2 aliphatic heterocycles. The zero-order chi connectivity index (χ0) is 14.3. The number of nitrogens with one attached hydrogen (secondary N) is 4. The summed E-state index contributed by atoms with van der Waals surface area (Å²) < 4.78 is 0. The van der Waals surface area contributed by atoms with Crippen molar-refractivity contribution in [2.75, 3.05) is 0 Å². The van der Waals surface area contributed by atoms with Crippen molar-refractivity contribution < 1.29 is 14.7 Å². The van der Waals surface area contributed by atoms with Crippen LogP contribution in [-0.2, 0) is 4.79 Å². The Morgan fingerprint density at radius 3 is 2.55 bits per heavy atom. The van der Waals surface area contributed by atoms with Crippen molar-refractivity contribution in [1.29, 1.82) is 0 Å². The highest BCUT2D eigenvalue weighted by molar-refractivity contribution is 5.87. The smallest absolute Gasteiger partial charge is 0.335 e. The molecule has 2 aliphatic rings. The van der Waals surface area contributed by atoms with E-state index in [1.807, 2.05) is 6.92 Å². The second-order valence-corrected chi connectivity index (χ2v) is 5.12. The van der Waals surface area contributed by atoms with Crippen molar-refractivity contribution in [3.05, 3.63) is 35.4 Å². The minimum absolute atomic E-state index is 0.00657. The van der Waals surface area contributed by atoms with Crippen LogP contribution in [0.1, 0.15) is 29.0 Å². The SMILES string of the molecule is CC1NNC2C(=O)NC(c3ccc(C(=O)O)cc3)NC12. The molecule has 0 radical (unpaired) electrons. The summed E-state index contributed by atoms with van der Waals surface area (Å²) in [5.74, 6) is -1.03. The molecule has 0 spiro atoms. The van der Waals surface area contributed by atoms with E-state index in [9.17, 15) is 9.59 Å². The number of carbonyl (C=O) groups excluding carboxylic acids is 1. The molecule has 4 atom stereocenters. The topological polar surface area (TPSA) is 102 Å². The number of rotatable bonds is 2. The molecule has 0 aromatic heterocycles. The Labute approximate surface area is 115 Å². The summed E-state index contributed by atoms with van der Waals surface area (Å²) in [6.07, 6.45) is -0.309. The monoisotopic (exact) mass is 276 g/mol. The fourth-order valence-electron chi connectivity index (χ4n) is 2.62. The van der Waals surface area contributed by atoms with E-state index in [4.69, 9.17) is 5.11 Å². The zero-order valence-electron chi connectivity index (χ0n) is 10.9. The van der Waals surface area contributed by atoms with Gasteiger partial charge < -0.3 is 10.4 Å². The van der Waals surface area contributed by atoms with Crippen LogP contribution in [0.25, 0.3) is 0 Å². The van der Waals surface area contributed by atoms with Gasteiger partial charge in [0.15, 0.2) is 0 Å². The van der Waals surface area contributed by atoms with E-state index >= 15 is 0 Å². The minimum atomic E-state index is -0.963. The maximum atomic E-state index is 12.0. The molecule has 5 N–H and O–H groups in total. The molecule has 1 aromatic carbocycles. The Balaban J connectivity index is 1.80. The highest BCUT2D eigenvalue weighted by Gasteiger charge is 2.43. The molecular formula is C13H16N4O3. The first-order valence-corrected chi connectivity index (χ1v) is 6.47. The Bertz CT molecular complexity index is 545. The molecular weight excluding hydrogens is 260 g/mol. The van der Waals surface area contributed by atoms with Crippen LogP contribution in [0.15, 0.2) is 24.3 Å². The van der Waals surface area contributed by atoms with Crippen LogP contribution in [0.5, 0.6) is 0 Å². The number of aromatic carboxylic acids is 1. The maximum Gasteiger partial charge on any atom is 0.335 e. The molecule has 7 heteroatoms. The molecule has 2 saturated heterocycles. The average molecular weight is 276 g/mol. The third kappa shape index (κ3) is 2.15. The predicted octanol–water partition coefficient (Wildman–Crippen LogP) is -0.664. The fourth-order valence-corrected chi connectivity index (χ4v) is 2.62. The van der Waals surface area contributed by atoms with Gasteiger partial charge in [-0.1, -0.05) is 12.1 Å². The van der Waals surface area contributed by atoms with Crippen molar-refractivity contribution in [2.45, 2.75) is 31.2 Å². The van der Waals surface area contributed by atoms with Crippen LogP contribution in [0.2, 0.25) is 0 Å². The largest absolute Gasteiger partial charge is 0.478 e. The normalized spacial score (nSPS) is 32.5. The maximum absolute atomic E-state index is 12.0. The lowest BCUT2D eigenvalue weighted by Gasteiger charge is -2.34. The van der Waals surface area contributed by atoms with Crippen LogP contribution in [0, 0.1) is 0 Å². The molecule has 0 aliphatic carbocycles. The molecule has 106 valence electrons. The molecule has 20 heavy (non-hydrogen) atoms. The summed E-state index contributed by atoms with van der Waals surface area (Å²) in [5, 5.41) is 15.1. The Morgan fingerprint density at radius 1 is 1.20 bits per heavy atom. The van der Waals surface area contributed by atoms with Gasteiger partial charge in [-0.25, -0.2) is 10.2 Å². The van der Waals surface area contributed by atoms with Crippen LogP contribution in [-0.4, -0.2) is 35.1 Å². The average Bonchev–Trinajstić information content (AvgIpc) is 2.81. The molecule has 2 fully saturated rings. The van der Waals surface area contributed by atoms with Gasteiger partial charge in [-0.2, -0.15) is 0 Å². The van der Waals surface area contributed by atoms with E-state index in [-0.39, 0.29) is 35.8 Å². The summed E-state index contributed by atoms with van der Waals surface area (Å²) >= 11 is 0. The van der Waals surface area contributed by atoms with Gasteiger partial charge in [0.1, 0.15) is 12.2 Å². The molecule has 0 bridgehead atoms. The van der Waals surface area contributed by atoms with E-state index in [0.29, 0.717) is 0 Å². The van der Waals surface area contributed by atoms with Gasteiger partial charge in [0, 0.05) is 6.04 Å². The third-order valence-corrected chi connectivity index (χ3v) is 3.78. The highest BCUT2D eigenvalue weighted by Crippen LogP contribution is 2.20. The Hall–Kier alpha value is -1.96. The van der Waals surface area contributed by atoms with E-state index in [1.54, 1.807) is 12.1 Å². The van der Waals surface area contributed by atoms with Gasteiger partial charge in [-0.05, 0) is 24.6 Å². The molecule has 4 unspecified atom stereocenters. The molecule has 0 saturated carbocycles. The van der Waals surface area contributed by atoms with E-state index in [0.717, 1.165) is 5.56 Å². The number of carboxylic acids is 1. The van der Waals surface area contributed by atoms with Gasteiger partial charge in [-0.3, -0.25) is 15.5 Å². The highest BCUT2D eigenvalue weighted by atomic mass is 16.4. The van der Waals surface area contributed by atoms with E-state index in [1.165, 1.54) is 12.1 Å². The van der Waals surface area contributed by atoms with Crippen molar-refractivity contribution in [3.8, 4) is 0 Å². The summed E-state index contributed by atoms with van der Waals surface area (Å²) in [6, 6.07) is 6.32. The predicted molar refractivity (Wildman–Crippen MR) is 70.7 cm³/mol. The number of benzene rings is 1. The van der Waals surface area contributed by atoms with Crippen LogP contribution in [0.4, 0.5) is 0 Å². The lowest BCUT2D eigenvalue weighted by molar-refractivity contribution is -0.126. The molecule has 1 amide bonds. The van der Waals surface area contributed by atoms with Gasteiger partial charge in [0.25, 0.3) is 0 Å². The van der Waals surface area contributed by atoms with Crippen LogP contribution in [0.3, 0.4) is 0 Å². The summed E-state index contributed by atoms with van der Waals surface area (Å²) in [7, 11) is 0. The first kappa shape index (κ1) is 13.0. The number of hydrogen-bond acceptors (Lipinski definition) is 5. The van der Waals surface area contributed by atoms with Crippen molar-refractivity contribution in [1.82, 2.24) is 21.5 Å². The van der Waals surface area contributed by atoms with Crippen LogP contribution < -0.4 is 21.5 Å². The molecule has 3 rings (SSSR count).